The van der Waals surface area contributed by atoms with Gasteiger partial charge in [0.25, 0.3) is 0 Å². The molecule has 0 spiro atoms. The van der Waals surface area contributed by atoms with Crippen LogP contribution in [-0.4, -0.2) is 33.2 Å². The van der Waals surface area contributed by atoms with E-state index >= 15 is 0 Å². The maximum atomic E-state index is 10.9. The molecule has 2 aromatic heterocycles. The van der Waals surface area contributed by atoms with E-state index in [0.717, 1.165) is 36.6 Å². The van der Waals surface area contributed by atoms with Gasteiger partial charge in [-0.2, -0.15) is 0 Å². The van der Waals surface area contributed by atoms with Crippen LogP contribution in [0, 0.1) is 5.92 Å². The standard InChI is InChI=1S/C13H19N3OS/c1-2-10-8-14-4-3-13(10,17)7-11-9-16-5-6-18-12(16)15-11/h5-6,9-10,14,17H,2-4,7-8H2,1H3. The zero-order chi connectivity index (χ0) is 12.6. The van der Waals surface area contributed by atoms with Gasteiger partial charge in [-0.1, -0.05) is 6.92 Å². The van der Waals surface area contributed by atoms with E-state index in [4.69, 9.17) is 0 Å². The highest BCUT2D eigenvalue weighted by Crippen LogP contribution is 2.30. The lowest BCUT2D eigenvalue weighted by molar-refractivity contribution is -0.0420. The predicted octanol–water partition coefficient (Wildman–Crippen LogP) is 1.69. The summed E-state index contributed by atoms with van der Waals surface area (Å²) in [6.07, 6.45) is 6.54. The molecule has 0 radical (unpaired) electrons. The molecule has 1 saturated heterocycles. The minimum Gasteiger partial charge on any atom is -0.389 e. The number of nitrogens with zero attached hydrogens (tertiary/aromatic N) is 2. The molecule has 3 heterocycles. The molecule has 18 heavy (non-hydrogen) atoms. The van der Waals surface area contributed by atoms with Crippen molar-refractivity contribution in [3.63, 3.8) is 0 Å². The summed E-state index contributed by atoms with van der Waals surface area (Å²) in [6.45, 7) is 3.96. The monoisotopic (exact) mass is 265 g/mol. The summed E-state index contributed by atoms with van der Waals surface area (Å²) in [4.78, 5) is 5.59. The van der Waals surface area contributed by atoms with Crippen molar-refractivity contribution in [1.29, 1.82) is 0 Å². The molecule has 0 amide bonds. The van der Waals surface area contributed by atoms with Crippen LogP contribution in [0.4, 0.5) is 0 Å². The van der Waals surface area contributed by atoms with E-state index in [0.29, 0.717) is 12.3 Å². The molecule has 4 nitrogen and oxygen atoms in total. The van der Waals surface area contributed by atoms with Crippen molar-refractivity contribution in [2.24, 2.45) is 5.92 Å². The minimum atomic E-state index is -0.593. The Morgan fingerprint density at radius 3 is 3.33 bits per heavy atom. The van der Waals surface area contributed by atoms with E-state index in [1.165, 1.54) is 0 Å². The molecule has 0 bridgehead atoms. The number of fused-ring (bicyclic) bond motifs is 1. The first kappa shape index (κ1) is 12.1. The Kier molecular flexibility index (Phi) is 3.13. The first-order valence-corrected chi connectivity index (χ1v) is 7.43. The van der Waals surface area contributed by atoms with Gasteiger partial charge in [0, 0.05) is 36.7 Å². The highest BCUT2D eigenvalue weighted by molar-refractivity contribution is 7.15. The van der Waals surface area contributed by atoms with Crippen LogP contribution in [0.25, 0.3) is 4.96 Å². The summed E-state index contributed by atoms with van der Waals surface area (Å²) >= 11 is 1.63. The molecule has 5 heteroatoms. The molecule has 1 aliphatic rings. The van der Waals surface area contributed by atoms with E-state index in [9.17, 15) is 5.11 Å². The molecule has 98 valence electrons. The Bertz CT molecular complexity index is 507. The van der Waals surface area contributed by atoms with Crippen molar-refractivity contribution < 1.29 is 5.11 Å². The Morgan fingerprint density at radius 2 is 2.56 bits per heavy atom. The Hall–Kier alpha value is -0.910. The van der Waals surface area contributed by atoms with Crippen LogP contribution in [0.1, 0.15) is 25.5 Å². The number of hydrogen-bond donors (Lipinski definition) is 2. The van der Waals surface area contributed by atoms with Gasteiger partial charge in [-0.05, 0) is 19.4 Å². The minimum absolute atomic E-state index is 0.325. The highest BCUT2D eigenvalue weighted by Gasteiger charge is 2.38. The summed E-state index contributed by atoms with van der Waals surface area (Å²) in [7, 11) is 0. The summed E-state index contributed by atoms with van der Waals surface area (Å²) < 4.78 is 2.03. The van der Waals surface area contributed by atoms with Crippen LogP contribution in [0.5, 0.6) is 0 Å². The second-order valence-corrected chi connectivity index (χ2v) is 6.04. The molecule has 3 rings (SSSR count). The molecule has 1 fully saturated rings. The van der Waals surface area contributed by atoms with Crippen LogP contribution in [0.15, 0.2) is 17.8 Å². The van der Waals surface area contributed by atoms with Gasteiger partial charge in [-0.3, -0.25) is 4.40 Å². The van der Waals surface area contributed by atoms with Gasteiger partial charge in [0.2, 0.25) is 0 Å². The van der Waals surface area contributed by atoms with Gasteiger partial charge in [0.1, 0.15) is 0 Å². The van der Waals surface area contributed by atoms with Crippen LogP contribution >= 0.6 is 11.3 Å². The smallest absolute Gasteiger partial charge is 0.193 e. The van der Waals surface area contributed by atoms with Gasteiger partial charge >= 0.3 is 0 Å². The molecule has 2 N–H and O–H groups in total. The predicted molar refractivity (Wildman–Crippen MR) is 73.0 cm³/mol. The number of imidazole rings is 1. The Labute approximate surface area is 111 Å². The molecule has 0 aromatic carbocycles. The molecule has 2 atom stereocenters. The van der Waals surface area contributed by atoms with Crippen LogP contribution in [0.3, 0.4) is 0 Å². The SMILES string of the molecule is CCC1CNCCC1(O)Cc1cn2ccsc2n1. The average Bonchev–Trinajstić information content (AvgIpc) is 2.89. The third-order valence-corrected chi connectivity index (χ3v) is 4.78. The molecule has 2 aromatic rings. The van der Waals surface area contributed by atoms with Gasteiger partial charge in [0.15, 0.2) is 4.96 Å². The quantitative estimate of drug-likeness (QED) is 0.888. The van der Waals surface area contributed by atoms with Gasteiger partial charge < -0.3 is 10.4 Å². The average molecular weight is 265 g/mol. The van der Waals surface area contributed by atoms with E-state index < -0.39 is 5.60 Å². The van der Waals surface area contributed by atoms with Crippen molar-refractivity contribution in [3.8, 4) is 0 Å². The summed E-state index contributed by atoms with van der Waals surface area (Å²) in [5, 5.41) is 16.3. The van der Waals surface area contributed by atoms with Gasteiger partial charge in [-0.15, -0.1) is 11.3 Å². The maximum Gasteiger partial charge on any atom is 0.193 e. The van der Waals surface area contributed by atoms with Crippen molar-refractivity contribution >= 4 is 16.3 Å². The van der Waals surface area contributed by atoms with Crippen molar-refractivity contribution in [3.05, 3.63) is 23.5 Å². The molecular formula is C13H19N3OS. The Balaban J connectivity index is 1.83. The molecule has 0 saturated carbocycles. The topological polar surface area (TPSA) is 49.6 Å². The fraction of sp³-hybridized carbons (Fsp3) is 0.615. The first-order chi connectivity index (χ1) is 8.71. The number of aromatic nitrogens is 2. The van der Waals surface area contributed by atoms with Crippen molar-refractivity contribution in [2.75, 3.05) is 13.1 Å². The summed E-state index contributed by atoms with van der Waals surface area (Å²) in [5.41, 5.74) is 0.411. The first-order valence-electron chi connectivity index (χ1n) is 6.55. The summed E-state index contributed by atoms with van der Waals surface area (Å²) in [6, 6.07) is 0. The lowest BCUT2D eigenvalue weighted by Crippen LogP contribution is -2.51. The van der Waals surface area contributed by atoms with E-state index in [1.807, 2.05) is 22.2 Å². The molecule has 0 aliphatic carbocycles. The van der Waals surface area contributed by atoms with Crippen LogP contribution in [-0.2, 0) is 6.42 Å². The fourth-order valence-corrected chi connectivity index (χ4v) is 3.63. The number of hydrogen-bond acceptors (Lipinski definition) is 4. The summed E-state index contributed by atoms with van der Waals surface area (Å²) in [5.74, 6) is 0.325. The number of piperidine rings is 1. The van der Waals surface area contributed by atoms with Gasteiger partial charge in [-0.25, -0.2) is 4.98 Å². The zero-order valence-corrected chi connectivity index (χ0v) is 11.4. The highest BCUT2D eigenvalue weighted by atomic mass is 32.1. The van der Waals surface area contributed by atoms with E-state index in [2.05, 4.69) is 17.2 Å². The van der Waals surface area contributed by atoms with E-state index in [1.54, 1.807) is 11.3 Å². The second kappa shape index (κ2) is 4.64. The number of rotatable bonds is 3. The number of nitrogens with one attached hydrogen (secondary N) is 1. The van der Waals surface area contributed by atoms with Crippen LogP contribution in [0.2, 0.25) is 0 Å². The second-order valence-electron chi connectivity index (χ2n) is 5.16. The zero-order valence-electron chi connectivity index (χ0n) is 10.6. The normalized spacial score (nSPS) is 28.9. The molecule has 1 aliphatic heterocycles. The largest absolute Gasteiger partial charge is 0.389 e. The van der Waals surface area contributed by atoms with E-state index in [-0.39, 0.29) is 0 Å². The van der Waals surface area contributed by atoms with Gasteiger partial charge in [0.05, 0.1) is 11.3 Å². The van der Waals surface area contributed by atoms with Crippen molar-refractivity contribution in [2.45, 2.75) is 31.8 Å². The van der Waals surface area contributed by atoms with Crippen molar-refractivity contribution in [1.82, 2.24) is 14.7 Å². The number of aliphatic hydroxyl groups is 1. The van der Waals surface area contributed by atoms with Crippen LogP contribution < -0.4 is 5.32 Å². The maximum absolute atomic E-state index is 10.9. The third kappa shape index (κ3) is 2.06. The molecule has 2 unspecified atom stereocenters. The lowest BCUT2D eigenvalue weighted by atomic mass is 9.77. The lowest BCUT2D eigenvalue weighted by Gasteiger charge is -2.39. The fourth-order valence-electron chi connectivity index (χ4n) is 2.91. The molecular weight excluding hydrogens is 246 g/mol. The third-order valence-electron chi connectivity index (χ3n) is 4.01. The number of thiazole rings is 1. The Morgan fingerprint density at radius 1 is 1.67 bits per heavy atom.